The van der Waals surface area contributed by atoms with Gasteiger partial charge in [0.15, 0.2) is 0 Å². The number of halogens is 3. The molecule has 0 unspecified atom stereocenters. The minimum Gasteiger partial charge on any atom is -0.342 e. The summed E-state index contributed by atoms with van der Waals surface area (Å²) in [6.07, 6.45) is -2.22. The van der Waals surface area contributed by atoms with Crippen LogP contribution in [0.3, 0.4) is 0 Å². The summed E-state index contributed by atoms with van der Waals surface area (Å²) in [5, 5.41) is 8.73. The van der Waals surface area contributed by atoms with Crippen LogP contribution in [-0.2, 0) is 27.0 Å². The summed E-state index contributed by atoms with van der Waals surface area (Å²) in [6.45, 7) is 3.19. The molecule has 0 aliphatic heterocycles. The normalized spacial score (nSPS) is 13.9. The summed E-state index contributed by atoms with van der Waals surface area (Å²) in [7, 11) is 2.04. The van der Waals surface area contributed by atoms with Crippen molar-refractivity contribution in [1.29, 1.82) is 0 Å². The van der Waals surface area contributed by atoms with Crippen LogP contribution in [0.5, 0.6) is 0 Å². The Kier molecular flexibility index (Phi) is 14.0. The predicted molar refractivity (Wildman–Crippen MR) is 179 cm³/mol. The first kappa shape index (κ1) is 37.7. The second kappa shape index (κ2) is 17.4. The first-order valence-corrected chi connectivity index (χ1v) is 15.9. The van der Waals surface area contributed by atoms with Gasteiger partial charge in [-0.2, -0.15) is 25.8 Å². The van der Waals surface area contributed by atoms with E-state index in [0.717, 1.165) is 37.2 Å². The van der Waals surface area contributed by atoms with Crippen molar-refractivity contribution >= 4 is 46.9 Å². The van der Waals surface area contributed by atoms with Crippen molar-refractivity contribution in [2.45, 2.75) is 43.6 Å². The Balaban J connectivity index is 1.71. The van der Waals surface area contributed by atoms with E-state index < -0.39 is 47.6 Å². The fraction of sp³-hybridized carbons (Fsp3) is 0.438. The molecule has 1 aromatic heterocycles. The number of quaternary nitrogens is 1. The van der Waals surface area contributed by atoms with Crippen molar-refractivity contribution in [2.75, 3.05) is 50.8 Å². The van der Waals surface area contributed by atoms with E-state index in [1.807, 2.05) is 31.3 Å². The first-order valence-electron chi connectivity index (χ1n) is 15.3. The van der Waals surface area contributed by atoms with Gasteiger partial charge in [-0.3, -0.25) is 19.4 Å². The number of aromatic nitrogens is 1. The SMILES string of the molecule is C[N+](CCN)(CCN)CCC[C@H](N)C(=O)N[C@H](CS)C(=O)N[C@@H](Cc1ccc(C(F)(F)F)cc1)C(=O)Nc1cnc2ccccc2c1. The van der Waals surface area contributed by atoms with E-state index >= 15 is 0 Å². The number of fused-ring (bicyclic) bond motifs is 1. The predicted octanol–water partition coefficient (Wildman–Crippen LogP) is 1.81. The number of anilines is 1. The monoisotopic (exact) mass is 677 g/mol. The summed E-state index contributed by atoms with van der Waals surface area (Å²) in [5.74, 6) is -2.00. The average Bonchev–Trinajstić information content (AvgIpc) is 3.03. The largest absolute Gasteiger partial charge is 0.416 e. The van der Waals surface area contributed by atoms with Crippen LogP contribution < -0.4 is 33.2 Å². The highest BCUT2D eigenvalue weighted by Gasteiger charge is 2.31. The molecule has 0 saturated heterocycles. The van der Waals surface area contributed by atoms with Crippen molar-refractivity contribution in [2.24, 2.45) is 17.2 Å². The van der Waals surface area contributed by atoms with E-state index in [0.29, 0.717) is 47.2 Å². The van der Waals surface area contributed by atoms with E-state index in [1.165, 1.54) is 18.3 Å². The van der Waals surface area contributed by atoms with Crippen molar-refractivity contribution in [3.8, 4) is 0 Å². The minimum absolute atomic E-state index is 0.102. The Morgan fingerprint density at radius 1 is 0.915 bits per heavy atom. The van der Waals surface area contributed by atoms with Gasteiger partial charge in [0.05, 0.1) is 55.7 Å². The Labute approximate surface area is 277 Å². The summed E-state index contributed by atoms with van der Waals surface area (Å²) in [4.78, 5) is 44.1. The molecular weight excluding hydrogens is 633 g/mol. The van der Waals surface area contributed by atoms with Gasteiger partial charge in [-0.05, 0) is 42.7 Å². The highest BCUT2D eigenvalue weighted by molar-refractivity contribution is 7.80. The number of carbonyl (C=O) groups excluding carboxylic acids is 3. The Bertz CT molecular complexity index is 1490. The van der Waals surface area contributed by atoms with E-state index in [-0.39, 0.29) is 12.2 Å². The van der Waals surface area contributed by atoms with Crippen LogP contribution >= 0.6 is 12.6 Å². The summed E-state index contributed by atoms with van der Waals surface area (Å²) < 4.78 is 40.0. The van der Waals surface area contributed by atoms with Gasteiger partial charge in [-0.15, -0.1) is 0 Å². The van der Waals surface area contributed by atoms with Crippen molar-refractivity contribution in [3.05, 3.63) is 71.9 Å². The zero-order valence-electron chi connectivity index (χ0n) is 26.3. The third-order valence-electron chi connectivity index (χ3n) is 7.92. The van der Waals surface area contributed by atoms with E-state index in [1.54, 1.807) is 6.07 Å². The second-order valence-electron chi connectivity index (χ2n) is 11.7. The van der Waals surface area contributed by atoms with Crippen LogP contribution in [0.25, 0.3) is 10.9 Å². The van der Waals surface area contributed by atoms with E-state index in [4.69, 9.17) is 17.2 Å². The fourth-order valence-electron chi connectivity index (χ4n) is 5.17. The molecule has 47 heavy (non-hydrogen) atoms. The molecule has 0 fully saturated rings. The lowest BCUT2D eigenvalue weighted by atomic mass is 10.0. The quantitative estimate of drug-likeness (QED) is 0.0842. The van der Waals surface area contributed by atoms with Gasteiger partial charge in [0.25, 0.3) is 0 Å². The van der Waals surface area contributed by atoms with Gasteiger partial charge in [0.2, 0.25) is 17.7 Å². The number of nitrogens with two attached hydrogens (primary N) is 3. The standard InChI is InChI=1S/C32H43F3N8O3S/c1-43(15-12-36,16-13-37)14-4-6-25(38)29(44)42-28(20-47)31(46)41-27(17-21-8-10-23(11-9-21)32(33,34)35)30(45)40-24-18-22-5-2-3-7-26(22)39-19-24/h2-3,5,7-11,18-19,25,27-28H,4,6,12-17,20,36-38H2,1H3,(H3-,40,41,42,44,45,46,47)/p+1/t25-,27-,28+/m0/s1. The van der Waals surface area contributed by atoms with Gasteiger partial charge in [0.1, 0.15) is 12.1 Å². The number of nitrogens with one attached hydrogen (secondary N) is 3. The Morgan fingerprint density at radius 2 is 1.55 bits per heavy atom. The van der Waals surface area contributed by atoms with Crippen LogP contribution in [-0.4, -0.2) is 90.8 Å². The zero-order chi connectivity index (χ0) is 34.6. The molecule has 2 aromatic carbocycles. The molecule has 11 nitrogen and oxygen atoms in total. The number of thiol groups is 1. The summed E-state index contributed by atoms with van der Waals surface area (Å²) in [5.41, 5.74) is 18.2. The van der Waals surface area contributed by atoms with E-state index in [2.05, 4.69) is 33.6 Å². The Morgan fingerprint density at radius 3 is 2.17 bits per heavy atom. The van der Waals surface area contributed by atoms with Crippen molar-refractivity contribution in [1.82, 2.24) is 15.6 Å². The number of hydrogen-bond acceptors (Lipinski definition) is 8. The van der Waals surface area contributed by atoms with Gasteiger partial charge in [0, 0.05) is 30.6 Å². The molecule has 0 radical (unpaired) electrons. The summed E-state index contributed by atoms with van der Waals surface area (Å²) >= 11 is 4.22. The van der Waals surface area contributed by atoms with E-state index in [9.17, 15) is 27.6 Å². The molecule has 0 saturated carbocycles. The van der Waals surface area contributed by atoms with Crippen LogP contribution in [0.1, 0.15) is 24.0 Å². The highest BCUT2D eigenvalue weighted by Crippen LogP contribution is 2.29. The number of rotatable bonds is 17. The highest BCUT2D eigenvalue weighted by atomic mass is 32.1. The number of hydrogen-bond donors (Lipinski definition) is 7. The maximum atomic E-state index is 13.5. The van der Waals surface area contributed by atoms with Crippen molar-refractivity contribution < 1.29 is 32.0 Å². The molecule has 0 aliphatic rings. The number of alkyl halides is 3. The maximum Gasteiger partial charge on any atom is 0.416 e. The topological polar surface area (TPSA) is 178 Å². The first-order chi connectivity index (χ1) is 22.3. The van der Waals surface area contributed by atoms with Gasteiger partial charge in [-0.1, -0.05) is 30.3 Å². The molecule has 3 rings (SSSR count). The summed E-state index contributed by atoms with van der Waals surface area (Å²) in [6, 6.07) is 10.0. The van der Waals surface area contributed by atoms with Gasteiger partial charge < -0.3 is 37.6 Å². The molecule has 0 aliphatic carbocycles. The lowest BCUT2D eigenvalue weighted by Crippen LogP contribution is -2.56. The molecule has 15 heteroatoms. The zero-order valence-corrected chi connectivity index (χ0v) is 27.2. The number of para-hydroxylation sites is 1. The maximum absolute atomic E-state index is 13.5. The minimum atomic E-state index is -4.53. The molecule has 0 spiro atoms. The molecule has 3 aromatic rings. The van der Waals surface area contributed by atoms with Crippen LogP contribution in [0.2, 0.25) is 0 Å². The van der Waals surface area contributed by atoms with Crippen molar-refractivity contribution in [3.63, 3.8) is 0 Å². The molecule has 256 valence electrons. The lowest BCUT2D eigenvalue weighted by Gasteiger charge is -2.34. The fourth-order valence-corrected chi connectivity index (χ4v) is 5.43. The number of nitrogens with zero attached hydrogens (tertiary/aromatic N) is 2. The third-order valence-corrected chi connectivity index (χ3v) is 8.28. The van der Waals surface area contributed by atoms with Gasteiger partial charge in [-0.25, -0.2) is 0 Å². The third kappa shape index (κ3) is 11.5. The second-order valence-corrected chi connectivity index (χ2v) is 12.1. The molecule has 1 heterocycles. The van der Waals surface area contributed by atoms with Crippen LogP contribution in [0, 0.1) is 0 Å². The van der Waals surface area contributed by atoms with Crippen LogP contribution in [0.15, 0.2) is 60.8 Å². The number of likely N-dealkylation sites (N-methyl/N-ethyl adjacent to an activating group) is 1. The number of benzene rings is 2. The number of pyridine rings is 1. The molecule has 3 atom stereocenters. The molecule has 9 N–H and O–H groups in total. The average molecular weight is 678 g/mol. The molecule has 3 amide bonds. The molecular formula is C32H44F3N8O3S+. The van der Waals surface area contributed by atoms with Crippen LogP contribution in [0.4, 0.5) is 18.9 Å². The Hall–Kier alpha value is -3.76. The smallest absolute Gasteiger partial charge is 0.342 e. The number of carbonyl (C=O) groups is 3. The van der Waals surface area contributed by atoms with Gasteiger partial charge >= 0.3 is 6.18 Å². The lowest BCUT2D eigenvalue weighted by molar-refractivity contribution is -0.907. The number of amides is 3. The molecule has 0 bridgehead atoms.